The molecule has 464 valence electrons. The minimum atomic E-state index is -4.38. The van der Waals surface area contributed by atoms with Crippen molar-refractivity contribution in [1.82, 2.24) is 5.32 Å². The molecule has 0 aromatic carbocycles. The number of phosphoric acid groups is 1. The summed E-state index contributed by atoms with van der Waals surface area (Å²) >= 11 is 0. The van der Waals surface area contributed by atoms with Crippen LogP contribution < -0.4 is 5.32 Å². The maximum Gasteiger partial charge on any atom is 0.472 e. The number of hydrogen-bond donors (Lipinski definition) is 3. The average Bonchev–Trinajstić information content (AvgIpc) is 3.46. The molecule has 0 spiro atoms. The molecular formula is C73H122N2O6P+. The van der Waals surface area contributed by atoms with Crippen molar-refractivity contribution in [1.29, 1.82) is 0 Å². The van der Waals surface area contributed by atoms with Gasteiger partial charge in [0.15, 0.2) is 0 Å². The van der Waals surface area contributed by atoms with Crippen molar-refractivity contribution in [2.45, 2.75) is 244 Å². The van der Waals surface area contributed by atoms with Crippen LogP contribution >= 0.6 is 7.82 Å². The van der Waals surface area contributed by atoms with Crippen LogP contribution in [0.5, 0.6) is 0 Å². The van der Waals surface area contributed by atoms with Gasteiger partial charge in [0.05, 0.1) is 39.9 Å². The lowest BCUT2D eigenvalue weighted by atomic mass is 10.1. The lowest BCUT2D eigenvalue weighted by Crippen LogP contribution is -2.45. The van der Waals surface area contributed by atoms with Crippen LogP contribution in [0.2, 0.25) is 0 Å². The molecule has 0 bridgehead atoms. The molecule has 0 fully saturated rings. The summed E-state index contributed by atoms with van der Waals surface area (Å²) in [5.41, 5.74) is 0. The first-order chi connectivity index (χ1) is 40.0. The number of hydrogen-bond acceptors (Lipinski definition) is 5. The van der Waals surface area contributed by atoms with Crippen LogP contribution in [0.4, 0.5) is 0 Å². The van der Waals surface area contributed by atoms with Crippen LogP contribution in [-0.2, 0) is 18.4 Å². The number of allylic oxidation sites excluding steroid dienone is 27. The molecule has 0 aliphatic rings. The number of unbranched alkanes of at least 4 members (excludes halogenated alkanes) is 18. The largest absolute Gasteiger partial charge is 0.472 e. The summed E-state index contributed by atoms with van der Waals surface area (Å²) in [6.07, 6.45) is 97.6. The first-order valence-corrected chi connectivity index (χ1v) is 34.0. The smallest absolute Gasteiger partial charge is 0.387 e. The molecule has 1 amide bonds. The minimum absolute atomic E-state index is 0.0401. The van der Waals surface area contributed by atoms with E-state index < -0.39 is 20.0 Å². The highest BCUT2D eigenvalue weighted by atomic mass is 31.2. The Hall–Kier alpha value is -4.14. The van der Waals surface area contributed by atoms with Gasteiger partial charge in [0.1, 0.15) is 13.2 Å². The van der Waals surface area contributed by atoms with Crippen LogP contribution in [-0.4, -0.2) is 73.4 Å². The van der Waals surface area contributed by atoms with Gasteiger partial charge in [-0.05, 0) is 128 Å². The zero-order chi connectivity index (χ0) is 59.8. The summed E-state index contributed by atoms with van der Waals surface area (Å²) in [6, 6.07) is -0.895. The molecule has 0 aromatic rings. The Kier molecular flexibility index (Phi) is 58.3. The summed E-state index contributed by atoms with van der Waals surface area (Å²) in [7, 11) is 1.51. The molecular weight excluding hydrogens is 1030 g/mol. The van der Waals surface area contributed by atoms with Crippen LogP contribution in [0.1, 0.15) is 232 Å². The normalized spacial score (nSPS) is 14.9. The predicted molar refractivity (Wildman–Crippen MR) is 359 cm³/mol. The molecule has 3 N–H and O–H groups in total. The van der Waals surface area contributed by atoms with E-state index in [1.165, 1.54) is 77.0 Å². The molecule has 0 aromatic heterocycles. The Bertz CT molecular complexity index is 1940. The number of quaternary nitrogens is 1. The van der Waals surface area contributed by atoms with Gasteiger partial charge in [-0.25, -0.2) is 4.57 Å². The van der Waals surface area contributed by atoms with Crippen molar-refractivity contribution in [3.8, 4) is 0 Å². The van der Waals surface area contributed by atoms with Gasteiger partial charge in [-0.3, -0.25) is 13.8 Å². The van der Waals surface area contributed by atoms with E-state index in [4.69, 9.17) is 9.05 Å². The molecule has 0 rings (SSSR count). The number of aliphatic hydroxyl groups is 1. The quantitative estimate of drug-likeness (QED) is 0.0243. The Labute approximate surface area is 504 Å². The standard InChI is InChI=1S/C73H121N2O6P/c1-6-8-10-12-14-16-18-20-22-24-26-28-29-30-31-32-33-34-35-36-37-38-39-40-41-42-43-44-45-47-49-51-53-55-57-59-61-63-65-67-73(77)74-71(70-81-82(78,79)80-69-68-75(3,4)5)72(76)66-64-62-60-58-56-54-52-50-48-46-27-25-23-21-19-17-15-13-11-9-7-2/h8,10,14,16,20,22,26,28,30-31,33-34,36-37,39-40,42-43,45,47-48,50-51,53,56,58,64,66,71-72,76H,6-7,9,11-13,15,17-19,21,23-25,27,29,32,35,38,41,44,46,49,52,54-55,57,59-63,65,67-70H2,1-5H3,(H-,74,77,78,79)/p+1/b10-8-,16-14-,22-20-,28-26-,31-30-,34-33-,37-36-,40-39-,43-42-,47-45-,50-48+,53-51-,58-56+,66-64+. The topological polar surface area (TPSA) is 105 Å². The van der Waals surface area contributed by atoms with Crippen molar-refractivity contribution in [2.75, 3.05) is 40.9 Å². The Morgan fingerprint density at radius 2 is 0.744 bits per heavy atom. The Morgan fingerprint density at radius 1 is 0.427 bits per heavy atom. The summed E-state index contributed by atoms with van der Waals surface area (Å²) in [6.45, 7) is 4.64. The van der Waals surface area contributed by atoms with E-state index in [0.29, 0.717) is 17.4 Å². The highest BCUT2D eigenvalue weighted by Gasteiger charge is 2.27. The van der Waals surface area contributed by atoms with E-state index in [9.17, 15) is 19.4 Å². The number of likely N-dealkylation sites (N-methyl/N-ethyl adjacent to an activating group) is 1. The Balaban J connectivity index is 4.28. The molecule has 9 heteroatoms. The molecule has 0 heterocycles. The number of aliphatic hydroxyl groups excluding tert-OH is 1. The number of phosphoric ester groups is 1. The van der Waals surface area contributed by atoms with Crippen LogP contribution in [0.25, 0.3) is 0 Å². The summed E-state index contributed by atoms with van der Waals surface area (Å²) < 4.78 is 23.7. The molecule has 3 atom stereocenters. The minimum Gasteiger partial charge on any atom is -0.387 e. The predicted octanol–water partition coefficient (Wildman–Crippen LogP) is 20.8. The molecule has 82 heavy (non-hydrogen) atoms. The third-order valence-electron chi connectivity index (χ3n) is 13.4. The highest BCUT2D eigenvalue weighted by Crippen LogP contribution is 2.43. The summed E-state index contributed by atoms with van der Waals surface area (Å²) in [4.78, 5) is 23.3. The first kappa shape index (κ1) is 77.9. The van der Waals surface area contributed by atoms with E-state index in [2.05, 4.69) is 177 Å². The number of carbonyl (C=O) groups excluding carboxylic acids is 1. The second kappa shape index (κ2) is 61.4. The molecule has 0 saturated heterocycles. The average molecular weight is 1150 g/mol. The van der Waals surface area contributed by atoms with E-state index in [1.54, 1.807) is 6.08 Å². The Morgan fingerprint density at radius 3 is 1.12 bits per heavy atom. The molecule has 0 aliphatic heterocycles. The van der Waals surface area contributed by atoms with Crippen molar-refractivity contribution in [3.63, 3.8) is 0 Å². The molecule has 3 unspecified atom stereocenters. The van der Waals surface area contributed by atoms with E-state index >= 15 is 0 Å². The maximum atomic E-state index is 13.0. The van der Waals surface area contributed by atoms with Gasteiger partial charge in [-0.1, -0.05) is 267 Å². The maximum absolute atomic E-state index is 13.0. The van der Waals surface area contributed by atoms with Crippen molar-refractivity contribution >= 4 is 13.7 Å². The monoisotopic (exact) mass is 1150 g/mol. The zero-order valence-electron chi connectivity index (χ0n) is 52.9. The first-order valence-electron chi connectivity index (χ1n) is 32.5. The fourth-order valence-electron chi connectivity index (χ4n) is 8.37. The van der Waals surface area contributed by atoms with Gasteiger partial charge in [-0.15, -0.1) is 0 Å². The van der Waals surface area contributed by atoms with Gasteiger partial charge in [0, 0.05) is 6.42 Å². The SMILES string of the molecule is CC/C=C\C/C=C\C/C=C\C/C=C\C/C=C\C/C=C\C/C=C\C/C=C\C/C=C\C/C=C\C/C=C\CCCCCCCC(=O)NC(COP(=O)(O)OCC[N+](C)(C)C)C(O)/C=C/CC/C=C/CC/C=C/CCCCCCCCCCCCC. The number of nitrogens with zero attached hydrogens (tertiary/aromatic N) is 1. The van der Waals surface area contributed by atoms with E-state index in [0.717, 1.165) is 135 Å². The third kappa shape index (κ3) is 63.4. The number of carbonyl (C=O) groups is 1. The fourth-order valence-corrected chi connectivity index (χ4v) is 9.11. The molecule has 0 radical (unpaired) electrons. The van der Waals surface area contributed by atoms with Gasteiger partial charge in [0.2, 0.25) is 5.91 Å². The zero-order valence-corrected chi connectivity index (χ0v) is 53.8. The van der Waals surface area contributed by atoms with E-state index in [1.807, 2.05) is 27.2 Å². The second-order valence-electron chi connectivity index (χ2n) is 22.4. The van der Waals surface area contributed by atoms with Crippen LogP contribution in [0.15, 0.2) is 170 Å². The lowest BCUT2D eigenvalue weighted by molar-refractivity contribution is -0.870. The van der Waals surface area contributed by atoms with Gasteiger partial charge in [-0.2, -0.15) is 0 Å². The fraction of sp³-hybridized carbons (Fsp3) is 0.603. The molecule has 0 aliphatic carbocycles. The number of nitrogens with one attached hydrogen (secondary N) is 1. The molecule has 0 saturated carbocycles. The summed E-state index contributed by atoms with van der Waals surface area (Å²) in [5.74, 6) is -0.216. The van der Waals surface area contributed by atoms with Crippen molar-refractivity contribution in [2.24, 2.45) is 0 Å². The summed E-state index contributed by atoms with van der Waals surface area (Å²) in [5, 5.41) is 13.9. The van der Waals surface area contributed by atoms with Gasteiger partial charge in [0.25, 0.3) is 0 Å². The van der Waals surface area contributed by atoms with Crippen molar-refractivity contribution < 1.29 is 32.9 Å². The third-order valence-corrected chi connectivity index (χ3v) is 14.4. The molecule has 8 nitrogen and oxygen atoms in total. The van der Waals surface area contributed by atoms with E-state index in [-0.39, 0.29) is 19.1 Å². The lowest BCUT2D eigenvalue weighted by Gasteiger charge is -2.25. The van der Waals surface area contributed by atoms with Gasteiger partial charge < -0.3 is 19.8 Å². The number of amides is 1. The van der Waals surface area contributed by atoms with Crippen LogP contribution in [0.3, 0.4) is 0 Å². The van der Waals surface area contributed by atoms with Gasteiger partial charge >= 0.3 is 7.82 Å². The van der Waals surface area contributed by atoms with Crippen molar-refractivity contribution in [3.05, 3.63) is 170 Å². The highest BCUT2D eigenvalue weighted by molar-refractivity contribution is 7.47. The van der Waals surface area contributed by atoms with Crippen LogP contribution in [0, 0.1) is 0 Å². The number of rotatable bonds is 57. The second-order valence-corrected chi connectivity index (χ2v) is 23.8.